The van der Waals surface area contributed by atoms with Crippen LogP contribution < -0.4 is 11.5 Å². The third kappa shape index (κ3) is 13.1. The zero-order valence-electron chi connectivity index (χ0n) is 31.2. The summed E-state index contributed by atoms with van der Waals surface area (Å²) in [4.78, 5) is 59.0. The lowest BCUT2D eigenvalue weighted by Crippen LogP contribution is -2.15. The average Bonchev–Trinajstić information content (AvgIpc) is 4.11. The molecule has 6 aromatic heterocycles. The number of hydrogen-bond donors (Lipinski definition) is 2. The van der Waals surface area contributed by atoms with E-state index in [-0.39, 0.29) is 24.3 Å². The van der Waals surface area contributed by atoms with E-state index >= 15 is 0 Å². The summed E-state index contributed by atoms with van der Waals surface area (Å²) in [5.74, 6) is 0.0714. The number of aromatic nitrogens is 9. The second-order valence-electron chi connectivity index (χ2n) is 11.7. The van der Waals surface area contributed by atoms with E-state index in [0.717, 1.165) is 40.7 Å². The Morgan fingerprint density at radius 1 is 0.610 bits per heavy atom. The molecule has 0 aliphatic carbocycles. The number of nitrogens with zero attached hydrogens (tertiary/aromatic N) is 11. The molecule has 0 amide bonds. The fourth-order valence-corrected chi connectivity index (χ4v) is 7.53. The molecule has 6 heterocycles. The van der Waals surface area contributed by atoms with Crippen LogP contribution >= 0.6 is 34.0 Å². The number of thiazole rings is 3. The first kappa shape index (κ1) is 42.8. The summed E-state index contributed by atoms with van der Waals surface area (Å²) in [5.41, 5.74) is 13.0. The van der Waals surface area contributed by atoms with Crippen LogP contribution in [0, 0.1) is 22.7 Å². The Hall–Kier alpha value is -7.29. The molecule has 0 spiro atoms. The average molecular weight is 842 g/mol. The number of benzene rings is 3. The van der Waals surface area contributed by atoms with Gasteiger partial charge in [0.05, 0.1) is 62.2 Å². The van der Waals surface area contributed by atoms with Gasteiger partial charge in [0.25, 0.3) is 0 Å². The molecule has 0 bridgehead atoms. The van der Waals surface area contributed by atoms with Crippen LogP contribution in [0.25, 0.3) is 30.6 Å². The van der Waals surface area contributed by atoms with Gasteiger partial charge in [0.15, 0.2) is 5.13 Å². The van der Waals surface area contributed by atoms with E-state index < -0.39 is 0 Å². The van der Waals surface area contributed by atoms with Crippen molar-refractivity contribution < 1.29 is 14.4 Å². The number of fused-ring (bicyclic) bond motifs is 3. The summed E-state index contributed by atoms with van der Waals surface area (Å²) in [6.45, 7) is 0.125. The van der Waals surface area contributed by atoms with E-state index in [1.165, 1.54) is 44.0 Å². The van der Waals surface area contributed by atoms with Crippen LogP contribution in [0.1, 0.15) is 27.7 Å². The van der Waals surface area contributed by atoms with Gasteiger partial charge in [-0.05, 0) is 36.4 Å². The summed E-state index contributed by atoms with van der Waals surface area (Å²) in [5, 5.41) is 18.2. The van der Waals surface area contributed by atoms with E-state index in [2.05, 4.69) is 35.6 Å². The number of nitrogens with two attached hydrogens (primary N) is 2. The van der Waals surface area contributed by atoms with E-state index in [1.807, 2.05) is 78.9 Å². The standard InChI is InChI=1S/C12H9N3OS.C12H10N2OS.C7H6N4O.C7H6N2S.C2H4N2/c16-12(15-6-5-13-8-15)7-11-14-9-3-1-2-4-10(9)17-11;13-7-3-4-9(15)8-12-14-10-5-1-2-6-11(10)16-12;12-7(10-3-1-8-5-10)11-4-2-9-6-11;8-7-9-5-3-1-2-4-6(5)10-7;3-1-2-4/h1-6,8H,7H2;1-2,5-6H,3-4,8H2;1-6H;1-4H,(H2,8,9);1,3H2. The zero-order chi connectivity index (χ0) is 41.8. The van der Waals surface area contributed by atoms with Crippen molar-refractivity contribution in [1.29, 1.82) is 10.5 Å². The minimum atomic E-state index is -0.190. The Morgan fingerprint density at radius 3 is 1.47 bits per heavy atom. The molecule has 9 rings (SSSR count). The molecule has 296 valence electrons. The minimum Gasteiger partial charge on any atom is -0.375 e. The lowest BCUT2D eigenvalue weighted by molar-refractivity contribution is -0.118. The third-order valence-electron chi connectivity index (χ3n) is 7.49. The van der Waals surface area contributed by atoms with Crippen LogP contribution in [-0.4, -0.2) is 67.9 Å². The number of para-hydroxylation sites is 3. The molecule has 0 saturated heterocycles. The first-order valence-electron chi connectivity index (χ1n) is 17.5. The van der Waals surface area contributed by atoms with Gasteiger partial charge < -0.3 is 11.5 Å². The number of carbonyl (C=O) groups excluding carboxylic acids is 3. The predicted molar refractivity (Wildman–Crippen MR) is 229 cm³/mol. The van der Waals surface area contributed by atoms with Gasteiger partial charge in [0.1, 0.15) is 34.8 Å². The lowest BCUT2D eigenvalue weighted by Gasteiger charge is -1.98. The Morgan fingerprint density at radius 2 is 1.05 bits per heavy atom. The summed E-state index contributed by atoms with van der Waals surface area (Å²) >= 11 is 4.62. The van der Waals surface area contributed by atoms with E-state index in [1.54, 1.807) is 65.9 Å². The summed E-state index contributed by atoms with van der Waals surface area (Å²) in [6.07, 6.45) is 15.2. The quantitative estimate of drug-likeness (QED) is 0.160. The largest absolute Gasteiger partial charge is 0.375 e. The maximum absolute atomic E-state index is 11.8. The molecule has 3 aromatic carbocycles. The number of imidazole rings is 3. The van der Waals surface area contributed by atoms with Crippen molar-refractivity contribution in [3.05, 3.63) is 139 Å². The van der Waals surface area contributed by atoms with Crippen LogP contribution in [-0.2, 0) is 17.6 Å². The van der Waals surface area contributed by atoms with Crippen LogP contribution in [0.15, 0.2) is 129 Å². The van der Waals surface area contributed by atoms with Crippen molar-refractivity contribution in [1.82, 2.24) is 43.6 Å². The van der Waals surface area contributed by atoms with Gasteiger partial charge in [-0.2, -0.15) is 10.5 Å². The molecule has 59 heavy (non-hydrogen) atoms. The monoisotopic (exact) mass is 841 g/mol. The van der Waals surface area contributed by atoms with Crippen LogP contribution in [0.2, 0.25) is 0 Å². The van der Waals surface area contributed by atoms with Crippen molar-refractivity contribution in [2.75, 3.05) is 12.3 Å². The normalized spacial score (nSPS) is 10.0. The Balaban J connectivity index is 0.000000147. The van der Waals surface area contributed by atoms with Crippen molar-refractivity contribution in [2.24, 2.45) is 5.73 Å². The topological polar surface area (TPSA) is 243 Å². The van der Waals surface area contributed by atoms with Crippen LogP contribution in [0.3, 0.4) is 0 Å². The summed E-state index contributed by atoms with van der Waals surface area (Å²) in [6, 6.07) is 27.1. The second-order valence-corrected chi connectivity index (χ2v) is 15.0. The minimum absolute atomic E-state index is 0.0124. The first-order chi connectivity index (χ1) is 28.8. The molecule has 0 unspecified atom stereocenters. The molecule has 16 nitrogen and oxygen atoms in total. The summed E-state index contributed by atoms with van der Waals surface area (Å²) < 4.78 is 7.60. The van der Waals surface area contributed by atoms with Gasteiger partial charge in [-0.3, -0.25) is 23.3 Å². The van der Waals surface area contributed by atoms with E-state index in [0.29, 0.717) is 30.8 Å². The number of carbonyl (C=O) groups is 3. The molecule has 0 fully saturated rings. The van der Waals surface area contributed by atoms with Gasteiger partial charge in [-0.15, -0.1) is 22.7 Å². The fourth-order valence-electron chi connectivity index (χ4n) is 4.84. The Bertz CT molecular complexity index is 2640. The Kier molecular flexibility index (Phi) is 16.3. The fraction of sp³-hybridized carbons (Fsp3) is 0.125. The lowest BCUT2D eigenvalue weighted by atomic mass is 10.2. The number of hydrogen-bond acceptors (Lipinski definition) is 16. The highest BCUT2D eigenvalue weighted by atomic mass is 32.1. The van der Waals surface area contributed by atoms with Gasteiger partial charge in [0, 0.05) is 50.0 Å². The zero-order valence-corrected chi connectivity index (χ0v) is 33.6. The van der Waals surface area contributed by atoms with Crippen LogP contribution in [0.5, 0.6) is 0 Å². The molecule has 0 saturated carbocycles. The number of Topliss-reactive ketones (excluding diaryl/α,β-unsaturated/α-hetero) is 1. The molecule has 0 radical (unpaired) electrons. The Labute approximate surface area is 349 Å². The number of nitriles is 2. The molecule has 9 aromatic rings. The number of anilines is 1. The van der Waals surface area contributed by atoms with Crippen molar-refractivity contribution >= 4 is 87.5 Å². The third-order valence-corrected chi connectivity index (χ3v) is 10.4. The number of ketones is 1. The van der Waals surface area contributed by atoms with Crippen molar-refractivity contribution in [2.45, 2.75) is 25.7 Å². The summed E-state index contributed by atoms with van der Waals surface area (Å²) in [7, 11) is 0. The molecule has 0 aliphatic heterocycles. The highest BCUT2D eigenvalue weighted by Crippen LogP contribution is 2.24. The molecular formula is C40H35N13O3S3. The molecule has 19 heteroatoms. The van der Waals surface area contributed by atoms with Gasteiger partial charge in [0.2, 0.25) is 5.91 Å². The highest BCUT2D eigenvalue weighted by Gasteiger charge is 2.11. The van der Waals surface area contributed by atoms with Gasteiger partial charge in [-0.1, -0.05) is 47.7 Å². The second kappa shape index (κ2) is 22.5. The molecular weight excluding hydrogens is 807 g/mol. The molecule has 0 aliphatic rings. The smallest absolute Gasteiger partial charge is 0.338 e. The van der Waals surface area contributed by atoms with Crippen molar-refractivity contribution in [3.8, 4) is 12.1 Å². The van der Waals surface area contributed by atoms with Crippen LogP contribution in [0.4, 0.5) is 9.93 Å². The maximum atomic E-state index is 11.8. The number of nitrogen functional groups attached to an aromatic ring is 1. The van der Waals surface area contributed by atoms with E-state index in [4.69, 9.17) is 16.3 Å². The van der Waals surface area contributed by atoms with Crippen molar-refractivity contribution in [3.63, 3.8) is 0 Å². The van der Waals surface area contributed by atoms with E-state index in [9.17, 15) is 14.4 Å². The van der Waals surface area contributed by atoms with Gasteiger partial charge >= 0.3 is 6.03 Å². The SMILES string of the molecule is N#CCCC(=O)Cc1nc2ccccc2s1.N#CCN.Nc1nc2ccccc2s1.O=C(Cc1nc2ccccc2s1)n1ccnc1.O=C(n1ccnc1)n1ccnc1. The highest BCUT2D eigenvalue weighted by molar-refractivity contribution is 7.22. The molecule has 4 N–H and O–H groups in total. The van der Waals surface area contributed by atoms with Gasteiger partial charge in [-0.25, -0.2) is 34.7 Å². The predicted octanol–water partition coefficient (Wildman–Crippen LogP) is 7.03. The number of rotatable bonds is 6. The maximum Gasteiger partial charge on any atom is 0.338 e. The molecule has 0 atom stereocenters. The first-order valence-corrected chi connectivity index (χ1v) is 20.0.